The van der Waals surface area contributed by atoms with Crippen molar-refractivity contribution in [2.24, 2.45) is 10.1 Å². The Morgan fingerprint density at radius 1 is 1.07 bits per heavy atom. The average Bonchev–Trinajstić information content (AvgIpc) is 3.50. The number of aromatic hydroxyl groups is 1. The molecule has 0 saturated carbocycles. The lowest BCUT2D eigenvalue weighted by Crippen LogP contribution is -2.23. The molecule has 0 aliphatic carbocycles. The first kappa shape index (κ1) is 18.4. The Balaban J connectivity index is 1.51. The summed E-state index contributed by atoms with van der Waals surface area (Å²) < 4.78 is 5.32. The fourth-order valence-corrected chi connectivity index (χ4v) is 4.40. The Morgan fingerprint density at radius 2 is 1.87 bits per heavy atom. The molecule has 2 aliphatic heterocycles. The van der Waals surface area contributed by atoms with Gasteiger partial charge >= 0.3 is 0 Å². The van der Waals surface area contributed by atoms with E-state index in [4.69, 9.17) is 9.52 Å². The first-order valence-corrected chi connectivity index (χ1v) is 10.3. The van der Waals surface area contributed by atoms with Gasteiger partial charge in [0, 0.05) is 18.1 Å². The van der Waals surface area contributed by atoms with Crippen LogP contribution in [0, 0.1) is 0 Å². The molecule has 2 aliphatic rings. The highest BCUT2D eigenvalue weighted by Crippen LogP contribution is 2.41. The number of hydrogen-bond acceptors (Lipinski definition) is 6. The van der Waals surface area contributed by atoms with Crippen molar-refractivity contribution in [1.29, 1.82) is 0 Å². The van der Waals surface area contributed by atoms with Crippen molar-refractivity contribution in [1.82, 2.24) is 5.01 Å². The van der Waals surface area contributed by atoms with E-state index in [1.807, 2.05) is 42.5 Å². The number of carbonyl (C=O) groups excluding carboxylic acids is 1. The molecule has 0 bridgehead atoms. The maximum absolute atomic E-state index is 12.5. The number of phenolic OH excluding ortho intramolecular Hbond substituents is 1. The minimum absolute atomic E-state index is 0.193. The minimum Gasteiger partial charge on any atom is -0.508 e. The van der Waals surface area contributed by atoms with Crippen LogP contribution in [0.1, 0.15) is 29.3 Å². The summed E-state index contributed by atoms with van der Waals surface area (Å²) >= 11 is 1.25. The quantitative estimate of drug-likeness (QED) is 0.621. The molecule has 0 spiro atoms. The average molecular weight is 415 g/mol. The van der Waals surface area contributed by atoms with Gasteiger partial charge in [-0.1, -0.05) is 48.5 Å². The fraction of sp³-hybridized carbons (Fsp3) is 0.0870. The lowest BCUT2D eigenvalue weighted by Gasteiger charge is -2.23. The topological polar surface area (TPSA) is 78.4 Å². The van der Waals surface area contributed by atoms with Crippen molar-refractivity contribution in [3.8, 4) is 5.75 Å². The summed E-state index contributed by atoms with van der Waals surface area (Å²) in [6.07, 6.45) is 3.83. The second-order valence-corrected chi connectivity index (χ2v) is 7.87. The SMILES string of the molecule is O=C1N=C(N2N=C(c3ccccc3)CC2c2ccccc2O)S/C1=C\c1ccco1. The molecule has 6 nitrogen and oxygen atoms in total. The third kappa shape index (κ3) is 3.44. The van der Waals surface area contributed by atoms with E-state index in [1.165, 1.54) is 11.8 Å². The summed E-state index contributed by atoms with van der Waals surface area (Å²) in [6.45, 7) is 0. The number of carbonyl (C=O) groups is 1. The van der Waals surface area contributed by atoms with Gasteiger partial charge in [0.1, 0.15) is 11.5 Å². The summed E-state index contributed by atoms with van der Waals surface area (Å²) in [6, 6.07) is 20.4. The lowest BCUT2D eigenvalue weighted by atomic mass is 9.98. The van der Waals surface area contributed by atoms with E-state index in [1.54, 1.807) is 41.6 Å². The molecular weight excluding hydrogens is 398 g/mol. The molecule has 5 rings (SSSR count). The zero-order chi connectivity index (χ0) is 20.5. The molecule has 1 amide bonds. The molecular formula is C23H17N3O3S. The standard InChI is InChI=1S/C23H17N3O3S/c27-20-11-5-4-10-17(20)19-14-18(15-7-2-1-3-8-15)25-26(19)23-24-22(28)21(30-23)13-16-9-6-12-29-16/h1-13,19,27H,14H2/b21-13-. The number of para-hydroxylation sites is 1. The van der Waals surface area contributed by atoms with Gasteiger partial charge in [0.25, 0.3) is 5.91 Å². The normalized spacial score (nSPS) is 20.0. The Morgan fingerprint density at radius 3 is 2.63 bits per heavy atom. The van der Waals surface area contributed by atoms with Crippen LogP contribution >= 0.6 is 11.8 Å². The third-order valence-electron chi connectivity index (χ3n) is 4.93. The molecule has 2 aromatic carbocycles. The van der Waals surface area contributed by atoms with Gasteiger partial charge in [0.05, 0.1) is 22.9 Å². The monoisotopic (exact) mass is 415 g/mol. The van der Waals surface area contributed by atoms with Crippen LogP contribution in [-0.2, 0) is 4.79 Å². The lowest BCUT2D eigenvalue weighted by molar-refractivity contribution is -0.113. The van der Waals surface area contributed by atoms with E-state index < -0.39 is 0 Å². The summed E-state index contributed by atoms with van der Waals surface area (Å²) in [7, 11) is 0. The number of benzene rings is 2. The van der Waals surface area contributed by atoms with E-state index in [9.17, 15) is 9.90 Å². The van der Waals surface area contributed by atoms with Gasteiger partial charge in [0.2, 0.25) is 0 Å². The van der Waals surface area contributed by atoms with E-state index >= 15 is 0 Å². The predicted octanol–water partition coefficient (Wildman–Crippen LogP) is 4.81. The van der Waals surface area contributed by atoms with Crippen molar-refractivity contribution in [2.45, 2.75) is 12.5 Å². The molecule has 1 unspecified atom stereocenters. The largest absolute Gasteiger partial charge is 0.508 e. The summed E-state index contributed by atoms with van der Waals surface area (Å²) in [4.78, 5) is 17.2. The third-order valence-corrected chi connectivity index (χ3v) is 5.91. The smallest absolute Gasteiger partial charge is 0.286 e. The first-order chi connectivity index (χ1) is 14.7. The van der Waals surface area contributed by atoms with E-state index in [0.717, 1.165) is 16.8 Å². The molecule has 0 fully saturated rings. The van der Waals surface area contributed by atoms with Crippen molar-refractivity contribution >= 4 is 34.6 Å². The van der Waals surface area contributed by atoms with Gasteiger partial charge in [-0.2, -0.15) is 10.1 Å². The molecule has 1 atom stereocenters. The van der Waals surface area contributed by atoms with Gasteiger partial charge in [-0.05, 0) is 35.5 Å². The number of hydrogen-bond donors (Lipinski definition) is 1. The number of nitrogens with zero attached hydrogens (tertiary/aromatic N) is 3. The Hall–Kier alpha value is -3.58. The van der Waals surface area contributed by atoms with Gasteiger partial charge in [0.15, 0.2) is 5.17 Å². The molecule has 0 saturated heterocycles. The number of phenols is 1. The summed E-state index contributed by atoms with van der Waals surface area (Å²) in [5.41, 5.74) is 2.62. The second-order valence-electron chi connectivity index (χ2n) is 6.86. The van der Waals surface area contributed by atoms with Gasteiger partial charge < -0.3 is 9.52 Å². The van der Waals surface area contributed by atoms with Crippen LogP contribution in [0.5, 0.6) is 5.75 Å². The maximum atomic E-state index is 12.5. The number of aliphatic imine (C=N–C) groups is 1. The molecule has 1 N–H and O–H groups in total. The molecule has 30 heavy (non-hydrogen) atoms. The van der Waals surface area contributed by atoms with Crippen LogP contribution in [0.25, 0.3) is 6.08 Å². The Labute approximate surface area is 177 Å². The molecule has 0 radical (unpaired) electrons. The van der Waals surface area contributed by atoms with Crippen LogP contribution < -0.4 is 0 Å². The van der Waals surface area contributed by atoms with Gasteiger partial charge in [-0.25, -0.2) is 5.01 Å². The van der Waals surface area contributed by atoms with Crippen LogP contribution in [0.3, 0.4) is 0 Å². The number of hydrazone groups is 1. The molecule has 7 heteroatoms. The first-order valence-electron chi connectivity index (χ1n) is 9.45. The molecule has 3 heterocycles. The van der Waals surface area contributed by atoms with Crippen LogP contribution in [0.4, 0.5) is 0 Å². The van der Waals surface area contributed by atoms with Crippen molar-refractivity contribution in [2.75, 3.05) is 0 Å². The number of amides is 1. The van der Waals surface area contributed by atoms with E-state index in [-0.39, 0.29) is 17.7 Å². The van der Waals surface area contributed by atoms with Crippen molar-refractivity contribution < 1.29 is 14.3 Å². The predicted molar refractivity (Wildman–Crippen MR) is 117 cm³/mol. The highest BCUT2D eigenvalue weighted by atomic mass is 32.2. The van der Waals surface area contributed by atoms with Crippen LogP contribution in [0.2, 0.25) is 0 Å². The Bertz CT molecular complexity index is 1180. The van der Waals surface area contributed by atoms with Crippen molar-refractivity contribution in [3.05, 3.63) is 94.8 Å². The highest BCUT2D eigenvalue weighted by Gasteiger charge is 2.37. The molecule has 3 aromatic rings. The highest BCUT2D eigenvalue weighted by molar-refractivity contribution is 8.18. The van der Waals surface area contributed by atoms with E-state index in [0.29, 0.717) is 22.3 Å². The number of furan rings is 1. The van der Waals surface area contributed by atoms with Crippen molar-refractivity contribution in [3.63, 3.8) is 0 Å². The van der Waals surface area contributed by atoms with Crippen LogP contribution in [0.15, 0.2) is 92.4 Å². The Kier molecular flexibility index (Phi) is 4.72. The van der Waals surface area contributed by atoms with Crippen LogP contribution in [-0.4, -0.2) is 26.9 Å². The molecule has 1 aromatic heterocycles. The minimum atomic E-state index is -0.328. The zero-order valence-electron chi connectivity index (χ0n) is 15.8. The molecule has 148 valence electrons. The fourth-order valence-electron chi connectivity index (χ4n) is 3.50. The number of thioether (sulfide) groups is 1. The summed E-state index contributed by atoms with van der Waals surface area (Å²) in [5.74, 6) is 0.457. The second kappa shape index (κ2) is 7.68. The summed E-state index contributed by atoms with van der Waals surface area (Å²) in [5, 5.41) is 17.5. The number of amidine groups is 1. The zero-order valence-corrected chi connectivity index (χ0v) is 16.6. The van der Waals surface area contributed by atoms with Gasteiger partial charge in [-0.3, -0.25) is 4.79 Å². The van der Waals surface area contributed by atoms with Gasteiger partial charge in [-0.15, -0.1) is 0 Å². The van der Waals surface area contributed by atoms with E-state index in [2.05, 4.69) is 4.99 Å². The number of rotatable bonds is 3. The maximum Gasteiger partial charge on any atom is 0.286 e.